The van der Waals surface area contributed by atoms with Gasteiger partial charge in [0.25, 0.3) is 5.91 Å². The van der Waals surface area contributed by atoms with Crippen LogP contribution in [0.2, 0.25) is 0 Å². The molecule has 0 heterocycles. The summed E-state index contributed by atoms with van der Waals surface area (Å²) in [6.45, 7) is 3.17. The van der Waals surface area contributed by atoms with Gasteiger partial charge in [-0.25, -0.2) is 0 Å². The summed E-state index contributed by atoms with van der Waals surface area (Å²) in [4.78, 5) is 16.3. The van der Waals surface area contributed by atoms with E-state index in [4.69, 9.17) is 0 Å². The quantitative estimate of drug-likeness (QED) is 0.395. The van der Waals surface area contributed by atoms with E-state index in [1.807, 2.05) is 30.3 Å². The maximum atomic E-state index is 12.1. The highest BCUT2D eigenvalue weighted by Crippen LogP contribution is 2.11. The van der Waals surface area contributed by atoms with Crippen molar-refractivity contribution in [2.24, 2.45) is 4.99 Å². The SMILES string of the molecule is CN=C(NCCNC(=O)c1cccc(Br)c1)NC(C)c1ccccc1. The molecule has 0 saturated heterocycles. The highest BCUT2D eigenvalue weighted by atomic mass is 79.9. The molecule has 0 saturated carbocycles. The van der Waals surface area contributed by atoms with Gasteiger partial charge in [0, 0.05) is 30.2 Å². The van der Waals surface area contributed by atoms with Crippen LogP contribution in [0.15, 0.2) is 64.1 Å². The van der Waals surface area contributed by atoms with Gasteiger partial charge in [-0.15, -0.1) is 0 Å². The second kappa shape index (κ2) is 9.84. The van der Waals surface area contributed by atoms with Crippen LogP contribution in [0.3, 0.4) is 0 Å². The molecular weight excluding hydrogens is 380 g/mol. The molecule has 132 valence electrons. The van der Waals surface area contributed by atoms with Crippen LogP contribution in [0.1, 0.15) is 28.9 Å². The predicted molar refractivity (Wildman–Crippen MR) is 106 cm³/mol. The third-order valence-corrected chi connectivity index (χ3v) is 4.16. The molecule has 0 bridgehead atoms. The first-order chi connectivity index (χ1) is 12.1. The zero-order chi connectivity index (χ0) is 18.1. The number of benzene rings is 2. The molecular formula is C19H23BrN4O. The molecule has 1 unspecified atom stereocenters. The average Bonchev–Trinajstić information content (AvgIpc) is 2.64. The van der Waals surface area contributed by atoms with Crippen molar-refractivity contribution in [1.29, 1.82) is 0 Å². The molecule has 25 heavy (non-hydrogen) atoms. The Hall–Kier alpha value is -2.34. The lowest BCUT2D eigenvalue weighted by atomic mass is 10.1. The number of carbonyl (C=O) groups is 1. The van der Waals surface area contributed by atoms with Crippen molar-refractivity contribution in [1.82, 2.24) is 16.0 Å². The van der Waals surface area contributed by atoms with E-state index in [2.05, 4.69) is 55.9 Å². The Bertz CT molecular complexity index is 718. The first-order valence-corrected chi connectivity index (χ1v) is 8.95. The molecule has 2 rings (SSSR count). The van der Waals surface area contributed by atoms with Crippen molar-refractivity contribution in [3.05, 3.63) is 70.2 Å². The molecule has 2 aromatic rings. The Balaban J connectivity index is 1.75. The molecule has 0 aromatic heterocycles. The Kier molecular flexibility index (Phi) is 7.47. The van der Waals surface area contributed by atoms with E-state index in [1.165, 1.54) is 5.56 Å². The van der Waals surface area contributed by atoms with E-state index >= 15 is 0 Å². The van der Waals surface area contributed by atoms with Gasteiger partial charge in [0.1, 0.15) is 0 Å². The van der Waals surface area contributed by atoms with E-state index < -0.39 is 0 Å². The van der Waals surface area contributed by atoms with Crippen LogP contribution in [0.5, 0.6) is 0 Å². The summed E-state index contributed by atoms with van der Waals surface area (Å²) >= 11 is 3.37. The molecule has 3 N–H and O–H groups in total. The van der Waals surface area contributed by atoms with Crippen LogP contribution in [-0.2, 0) is 0 Å². The smallest absolute Gasteiger partial charge is 0.251 e. The zero-order valence-corrected chi connectivity index (χ0v) is 16.0. The minimum atomic E-state index is -0.0938. The van der Waals surface area contributed by atoms with Gasteiger partial charge in [-0.1, -0.05) is 52.3 Å². The van der Waals surface area contributed by atoms with Crippen LogP contribution in [0, 0.1) is 0 Å². The van der Waals surface area contributed by atoms with Crippen molar-refractivity contribution >= 4 is 27.8 Å². The summed E-state index contributed by atoms with van der Waals surface area (Å²) in [6.07, 6.45) is 0. The molecule has 1 amide bonds. The second-order valence-corrected chi connectivity index (χ2v) is 6.46. The highest BCUT2D eigenvalue weighted by molar-refractivity contribution is 9.10. The monoisotopic (exact) mass is 402 g/mol. The lowest BCUT2D eigenvalue weighted by Gasteiger charge is -2.18. The first-order valence-electron chi connectivity index (χ1n) is 8.16. The summed E-state index contributed by atoms with van der Waals surface area (Å²) < 4.78 is 0.887. The van der Waals surface area contributed by atoms with Crippen LogP contribution in [0.4, 0.5) is 0 Å². The number of amides is 1. The van der Waals surface area contributed by atoms with Crippen LogP contribution in [-0.4, -0.2) is 32.0 Å². The Morgan fingerprint density at radius 2 is 1.80 bits per heavy atom. The fourth-order valence-electron chi connectivity index (χ4n) is 2.31. The molecule has 0 fully saturated rings. The third-order valence-electron chi connectivity index (χ3n) is 3.67. The number of guanidine groups is 1. The summed E-state index contributed by atoms with van der Waals surface area (Å²) in [5, 5.41) is 9.42. The summed E-state index contributed by atoms with van der Waals surface area (Å²) in [7, 11) is 1.73. The molecule has 5 nitrogen and oxygen atoms in total. The summed E-state index contributed by atoms with van der Waals surface area (Å²) in [6, 6.07) is 17.6. The van der Waals surface area contributed by atoms with Crippen LogP contribution < -0.4 is 16.0 Å². The fourth-order valence-corrected chi connectivity index (χ4v) is 2.71. The van der Waals surface area contributed by atoms with Crippen molar-refractivity contribution in [3.8, 4) is 0 Å². The van der Waals surface area contributed by atoms with E-state index in [-0.39, 0.29) is 11.9 Å². The topological polar surface area (TPSA) is 65.5 Å². The number of hydrogen-bond donors (Lipinski definition) is 3. The van der Waals surface area contributed by atoms with Gasteiger partial charge in [-0.2, -0.15) is 0 Å². The Morgan fingerprint density at radius 1 is 1.08 bits per heavy atom. The summed E-state index contributed by atoms with van der Waals surface area (Å²) in [5.74, 6) is 0.608. The Morgan fingerprint density at radius 3 is 2.48 bits per heavy atom. The normalized spacial score (nSPS) is 12.4. The molecule has 0 radical (unpaired) electrons. The molecule has 0 aliphatic carbocycles. The maximum absolute atomic E-state index is 12.1. The van der Waals surface area contributed by atoms with E-state index in [9.17, 15) is 4.79 Å². The highest BCUT2D eigenvalue weighted by Gasteiger charge is 2.08. The lowest BCUT2D eigenvalue weighted by molar-refractivity contribution is 0.0954. The van der Waals surface area contributed by atoms with Gasteiger partial charge < -0.3 is 16.0 Å². The minimum absolute atomic E-state index is 0.0938. The number of nitrogens with zero attached hydrogens (tertiary/aromatic N) is 1. The maximum Gasteiger partial charge on any atom is 0.251 e. The molecule has 0 aliphatic rings. The largest absolute Gasteiger partial charge is 0.355 e. The number of rotatable bonds is 6. The number of hydrogen-bond acceptors (Lipinski definition) is 2. The minimum Gasteiger partial charge on any atom is -0.355 e. The molecule has 2 aromatic carbocycles. The first kappa shape index (κ1) is 19.0. The summed E-state index contributed by atoms with van der Waals surface area (Å²) in [5.41, 5.74) is 1.82. The van der Waals surface area contributed by atoms with Gasteiger partial charge in [0.15, 0.2) is 5.96 Å². The molecule has 6 heteroatoms. The van der Waals surface area contributed by atoms with Gasteiger partial charge in [0.05, 0.1) is 6.04 Å². The van der Waals surface area contributed by atoms with Crippen molar-refractivity contribution in [3.63, 3.8) is 0 Å². The lowest BCUT2D eigenvalue weighted by Crippen LogP contribution is -2.42. The third kappa shape index (κ3) is 6.23. The van der Waals surface area contributed by atoms with Crippen molar-refractivity contribution < 1.29 is 4.79 Å². The zero-order valence-electron chi connectivity index (χ0n) is 14.4. The van der Waals surface area contributed by atoms with E-state index in [0.717, 1.165) is 4.47 Å². The number of aliphatic imine (C=N–C) groups is 1. The van der Waals surface area contributed by atoms with Crippen molar-refractivity contribution in [2.75, 3.05) is 20.1 Å². The average molecular weight is 403 g/mol. The van der Waals surface area contributed by atoms with Gasteiger partial charge in [-0.05, 0) is 30.7 Å². The van der Waals surface area contributed by atoms with Gasteiger partial charge in [-0.3, -0.25) is 9.79 Å². The van der Waals surface area contributed by atoms with Crippen molar-refractivity contribution in [2.45, 2.75) is 13.0 Å². The molecule has 0 spiro atoms. The van der Waals surface area contributed by atoms with Gasteiger partial charge in [0.2, 0.25) is 0 Å². The Labute approximate surface area is 157 Å². The number of halogens is 1. The molecule has 1 atom stereocenters. The van der Waals surface area contributed by atoms with Gasteiger partial charge >= 0.3 is 0 Å². The number of carbonyl (C=O) groups excluding carboxylic acids is 1. The van der Waals surface area contributed by atoms with Crippen LogP contribution in [0.25, 0.3) is 0 Å². The van der Waals surface area contributed by atoms with E-state index in [1.54, 1.807) is 19.2 Å². The fraction of sp³-hybridized carbons (Fsp3) is 0.263. The predicted octanol–water partition coefficient (Wildman–Crippen LogP) is 3.11. The second-order valence-electron chi connectivity index (χ2n) is 5.54. The van der Waals surface area contributed by atoms with E-state index in [0.29, 0.717) is 24.6 Å². The standard InChI is InChI=1S/C19H23BrN4O/c1-14(15-7-4-3-5-8-15)24-19(21-2)23-12-11-22-18(25)16-9-6-10-17(20)13-16/h3-10,13-14H,11-12H2,1-2H3,(H,22,25)(H2,21,23,24). The number of nitrogens with one attached hydrogen (secondary N) is 3. The molecule has 0 aliphatic heterocycles. The van der Waals surface area contributed by atoms with Crippen LogP contribution >= 0.6 is 15.9 Å².